The number of hydrogen-bond donors (Lipinski definition) is 0. The number of ether oxygens (including phenoxy) is 1. The summed E-state index contributed by atoms with van der Waals surface area (Å²) in [5, 5.41) is 17.2. The van der Waals surface area contributed by atoms with Crippen LogP contribution in [0.5, 0.6) is 0 Å². The van der Waals surface area contributed by atoms with Crippen LogP contribution in [-0.2, 0) is 4.74 Å². The predicted molar refractivity (Wildman–Crippen MR) is 89.4 cm³/mol. The van der Waals surface area contributed by atoms with Crippen molar-refractivity contribution in [3.05, 3.63) is 35.7 Å². The van der Waals surface area contributed by atoms with Gasteiger partial charge in [-0.15, -0.1) is 10.2 Å². The first-order valence-corrected chi connectivity index (χ1v) is 8.21. The molecule has 1 aromatic heterocycles. The van der Waals surface area contributed by atoms with Gasteiger partial charge in [-0.25, -0.2) is 4.79 Å². The lowest BCUT2D eigenvalue weighted by molar-refractivity contribution is 0.0204. The van der Waals surface area contributed by atoms with Gasteiger partial charge in [0.2, 0.25) is 11.8 Å². The number of hydrogen-bond acceptors (Lipinski definition) is 6. The molecule has 3 rings (SSSR count). The highest BCUT2D eigenvalue weighted by atomic mass is 16.6. The Morgan fingerprint density at radius 1 is 1.40 bits per heavy atom. The van der Waals surface area contributed by atoms with Crippen LogP contribution in [0, 0.1) is 11.3 Å². The highest BCUT2D eigenvalue weighted by Gasteiger charge is 2.36. The van der Waals surface area contributed by atoms with Gasteiger partial charge in [0.25, 0.3) is 0 Å². The van der Waals surface area contributed by atoms with Crippen LogP contribution < -0.4 is 0 Å². The highest BCUT2D eigenvalue weighted by Crippen LogP contribution is 2.33. The third-order valence-corrected chi connectivity index (χ3v) is 3.85. The van der Waals surface area contributed by atoms with Crippen molar-refractivity contribution in [2.24, 2.45) is 0 Å². The zero-order valence-corrected chi connectivity index (χ0v) is 14.5. The van der Waals surface area contributed by atoms with E-state index in [1.165, 1.54) is 0 Å². The van der Waals surface area contributed by atoms with Crippen LogP contribution in [0.2, 0.25) is 0 Å². The molecular formula is C18H20N4O3. The van der Waals surface area contributed by atoms with Crippen LogP contribution in [0.25, 0.3) is 11.5 Å². The molecule has 1 aliphatic rings. The first-order valence-electron chi connectivity index (χ1n) is 8.21. The Morgan fingerprint density at radius 3 is 2.92 bits per heavy atom. The molecule has 0 bridgehead atoms. The van der Waals surface area contributed by atoms with Crippen molar-refractivity contribution < 1.29 is 13.9 Å². The molecule has 25 heavy (non-hydrogen) atoms. The van der Waals surface area contributed by atoms with Gasteiger partial charge in [-0.1, -0.05) is 6.07 Å². The van der Waals surface area contributed by atoms with Crippen molar-refractivity contribution in [1.29, 1.82) is 5.26 Å². The van der Waals surface area contributed by atoms with E-state index in [0.29, 0.717) is 29.5 Å². The molecule has 130 valence electrons. The number of rotatable bonds is 2. The summed E-state index contributed by atoms with van der Waals surface area (Å²) in [6.45, 7) is 6.11. The standard InChI is InChI=1S/C18H20N4O3/c1-18(2,3)25-17(23)22-9-5-8-14(22)16-21-20-15(24-16)13-7-4-6-12(10-13)11-19/h4,6-7,10,14H,5,8-9H2,1-3H3/t14-/m0/s1. The molecule has 0 radical (unpaired) electrons. The van der Waals surface area contributed by atoms with E-state index < -0.39 is 5.60 Å². The SMILES string of the molecule is CC(C)(C)OC(=O)N1CCC[C@H]1c1nnc(-c2cccc(C#N)c2)o1. The van der Waals surface area contributed by atoms with E-state index in [0.717, 1.165) is 12.8 Å². The third-order valence-electron chi connectivity index (χ3n) is 3.85. The van der Waals surface area contributed by atoms with E-state index in [1.54, 1.807) is 29.2 Å². The van der Waals surface area contributed by atoms with E-state index in [-0.39, 0.29) is 12.1 Å². The molecule has 0 unspecified atom stereocenters. The monoisotopic (exact) mass is 340 g/mol. The predicted octanol–water partition coefficient (Wildman–Crippen LogP) is 3.68. The van der Waals surface area contributed by atoms with Gasteiger partial charge >= 0.3 is 6.09 Å². The molecule has 0 spiro atoms. The van der Waals surface area contributed by atoms with Gasteiger partial charge < -0.3 is 9.15 Å². The molecule has 1 aliphatic heterocycles. The molecule has 7 heteroatoms. The summed E-state index contributed by atoms with van der Waals surface area (Å²) >= 11 is 0. The average Bonchev–Trinajstić information content (AvgIpc) is 3.22. The minimum absolute atomic E-state index is 0.282. The smallest absolute Gasteiger partial charge is 0.410 e. The van der Waals surface area contributed by atoms with Gasteiger partial charge in [0, 0.05) is 12.1 Å². The lowest BCUT2D eigenvalue weighted by Crippen LogP contribution is -2.36. The Balaban J connectivity index is 1.81. The molecule has 7 nitrogen and oxygen atoms in total. The lowest BCUT2D eigenvalue weighted by Gasteiger charge is -2.27. The number of amides is 1. The number of likely N-dealkylation sites (tertiary alicyclic amines) is 1. The zero-order chi connectivity index (χ0) is 18.0. The molecule has 2 aromatic rings. The van der Waals surface area contributed by atoms with E-state index in [2.05, 4.69) is 16.3 Å². The summed E-state index contributed by atoms with van der Waals surface area (Å²) in [4.78, 5) is 14.0. The fraction of sp³-hybridized carbons (Fsp3) is 0.444. The molecule has 1 amide bonds. The van der Waals surface area contributed by atoms with Crippen molar-refractivity contribution in [2.45, 2.75) is 45.3 Å². The summed E-state index contributed by atoms with van der Waals surface area (Å²) in [7, 11) is 0. The maximum atomic E-state index is 12.4. The average molecular weight is 340 g/mol. The summed E-state index contributed by atoms with van der Waals surface area (Å²) in [6, 6.07) is 8.77. The number of nitrogens with zero attached hydrogens (tertiary/aromatic N) is 4. The third kappa shape index (κ3) is 3.79. The van der Waals surface area contributed by atoms with Crippen molar-refractivity contribution >= 4 is 6.09 Å². The Morgan fingerprint density at radius 2 is 2.20 bits per heavy atom. The second-order valence-electron chi connectivity index (χ2n) is 6.97. The zero-order valence-electron chi connectivity index (χ0n) is 14.5. The molecule has 1 saturated heterocycles. The van der Waals surface area contributed by atoms with Crippen LogP contribution in [0.15, 0.2) is 28.7 Å². The number of nitriles is 1. The highest BCUT2D eigenvalue weighted by molar-refractivity contribution is 5.69. The second-order valence-corrected chi connectivity index (χ2v) is 6.97. The van der Waals surface area contributed by atoms with Gasteiger partial charge in [-0.3, -0.25) is 4.90 Å². The number of carbonyl (C=O) groups excluding carboxylic acids is 1. The van der Waals surface area contributed by atoms with Gasteiger partial charge in [0.1, 0.15) is 11.6 Å². The minimum atomic E-state index is -0.554. The van der Waals surface area contributed by atoms with Gasteiger partial charge in [-0.05, 0) is 51.8 Å². The quantitative estimate of drug-likeness (QED) is 0.828. The van der Waals surface area contributed by atoms with Crippen LogP contribution in [0.4, 0.5) is 4.79 Å². The summed E-state index contributed by atoms with van der Waals surface area (Å²) in [5.74, 6) is 0.726. The topological polar surface area (TPSA) is 92.2 Å². The fourth-order valence-electron chi connectivity index (χ4n) is 2.77. The Bertz CT molecular complexity index is 816. The van der Waals surface area contributed by atoms with E-state index >= 15 is 0 Å². The second kappa shape index (κ2) is 6.55. The Labute approximate surface area is 146 Å². The molecule has 1 atom stereocenters. The molecular weight excluding hydrogens is 320 g/mol. The largest absolute Gasteiger partial charge is 0.444 e. The number of aromatic nitrogens is 2. The van der Waals surface area contributed by atoms with Crippen LogP contribution in [0.3, 0.4) is 0 Å². The molecule has 0 N–H and O–H groups in total. The molecule has 0 aliphatic carbocycles. The first-order chi connectivity index (χ1) is 11.9. The van der Waals surface area contributed by atoms with E-state index in [1.807, 2.05) is 20.8 Å². The van der Waals surface area contributed by atoms with Crippen LogP contribution in [-0.4, -0.2) is 33.3 Å². The van der Waals surface area contributed by atoms with Gasteiger partial charge in [0.05, 0.1) is 11.6 Å². The molecule has 2 heterocycles. The summed E-state index contributed by atoms with van der Waals surface area (Å²) in [6.07, 6.45) is 1.23. The van der Waals surface area contributed by atoms with Crippen molar-refractivity contribution in [1.82, 2.24) is 15.1 Å². The Hall–Kier alpha value is -2.88. The van der Waals surface area contributed by atoms with Crippen LogP contribution >= 0.6 is 0 Å². The lowest BCUT2D eigenvalue weighted by atomic mass is 10.1. The van der Waals surface area contributed by atoms with Crippen molar-refractivity contribution in [2.75, 3.05) is 6.54 Å². The molecule has 0 saturated carbocycles. The normalized spacial score (nSPS) is 17.4. The first kappa shape index (κ1) is 17.0. The van der Waals surface area contributed by atoms with Crippen molar-refractivity contribution in [3.63, 3.8) is 0 Å². The Kier molecular flexibility index (Phi) is 4.45. The van der Waals surface area contributed by atoms with E-state index in [9.17, 15) is 4.79 Å². The van der Waals surface area contributed by atoms with Crippen LogP contribution in [0.1, 0.15) is 51.1 Å². The van der Waals surface area contributed by atoms with E-state index in [4.69, 9.17) is 14.4 Å². The van der Waals surface area contributed by atoms with Gasteiger partial charge in [-0.2, -0.15) is 5.26 Å². The summed E-state index contributed by atoms with van der Waals surface area (Å²) < 4.78 is 11.2. The minimum Gasteiger partial charge on any atom is -0.444 e. The summed E-state index contributed by atoms with van der Waals surface area (Å²) in [5.41, 5.74) is 0.648. The maximum Gasteiger partial charge on any atom is 0.410 e. The molecule has 1 aromatic carbocycles. The maximum absolute atomic E-state index is 12.4. The van der Waals surface area contributed by atoms with Gasteiger partial charge in [0.15, 0.2) is 0 Å². The number of carbonyl (C=O) groups is 1. The molecule has 1 fully saturated rings. The fourth-order valence-corrected chi connectivity index (χ4v) is 2.77. The van der Waals surface area contributed by atoms with Crippen molar-refractivity contribution in [3.8, 4) is 17.5 Å². The number of benzene rings is 1.